The van der Waals surface area contributed by atoms with Crippen LogP contribution in [0.5, 0.6) is 0 Å². The van der Waals surface area contributed by atoms with Crippen molar-refractivity contribution in [1.29, 1.82) is 0 Å². The third-order valence-electron chi connectivity index (χ3n) is 4.30. The lowest BCUT2D eigenvalue weighted by atomic mass is 10.1. The molecule has 0 aliphatic carbocycles. The zero-order valence-corrected chi connectivity index (χ0v) is 13.6. The van der Waals surface area contributed by atoms with Crippen molar-refractivity contribution in [3.05, 3.63) is 0 Å². The molecule has 118 valence electrons. The topological polar surface area (TPSA) is 44.4 Å². The number of carbonyl (C=O) groups is 1. The summed E-state index contributed by atoms with van der Waals surface area (Å²) in [6.07, 6.45) is 6.53. The molecule has 1 rings (SSSR count). The van der Waals surface area contributed by atoms with Crippen LogP contribution < -0.4 is 10.6 Å². The lowest BCUT2D eigenvalue weighted by Gasteiger charge is -2.37. The molecule has 1 amide bonds. The lowest BCUT2D eigenvalue weighted by Crippen LogP contribution is -2.56. The normalized spacial score (nSPS) is 21.6. The number of nitrogens with zero attached hydrogens (tertiary/aromatic N) is 1. The monoisotopic (exact) mass is 283 g/mol. The maximum atomic E-state index is 11.8. The fraction of sp³-hybridized carbons (Fsp3) is 0.938. The first-order chi connectivity index (χ1) is 9.67. The first-order valence-electron chi connectivity index (χ1n) is 8.41. The average molecular weight is 283 g/mol. The van der Waals surface area contributed by atoms with Crippen LogP contribution in [0, 0.1) is 0 Å². The summed E-state index contributed by atoms with van der Waals surface area (Å²) < 4.78 is 0. The van der Waals surface area contributed by atoms with E-state index in [9.17, 15) is 4.79 Å². The molecule has 1 fully saturated rings. The number of unbranched alkanes of at least 4 members (excludes halogenated alkanes) is 3. The van der Waals surface area contributed by atoms with Crippen molar-refractivity contribution in [2.75, 3.05) is 26.2 Å². The Morgan fingerprint density at radius 3 is 2.85 bits per heavy atom. The van der Waals surface area contributed by atoms with Gasteiger partial charge in [0, 0.05) is 44.7 Å². The molecular weight excluding hydrogens is 250 g/mol. The number of amides is 1. The van der Waals surface area contributed by atoms with Gasteiger partial charge in [0.15, 0.2) is 0 Å². The van der Waals surface area contributed by atoms with E-state index < -0.39 is 0 Å². The minimum absolute atomic E-state index is 0.212. The van der Waals surface area contributed by atoms with Gasteiger partial charge >= 0.3 is 0 Å². The molecule has 0 aromatic heterocycles. The van der Waals surface area contributed by atoms with E-state index in [1.54, 1.807) is 0 Å². The van der Waals surface area contributed by atoms with Gasteiger partial charge in [0.2, 0.25) is 5.91 Å². The highest BCUT2D eigenvalue weighted by Crippen LogP contribution is 2.07. The van der Waals surface area contributed by atoms with E-state index in [-0.39, 0.29) is 5.91 Å². The number of hydrogen-bond donors (Lipinski definition) is 2. The highest BCUT2D eigenvalue weighted by Gasteiger charge is 2.22. The Morgan fingerprint density at radius 2 is 2.15 bits per heavy atom. The van der Waals surface area contributed by atoms with Crippen molar-refractivity contribution in [2.45, 2.75) is 71.4 Å². The average Bonchev–Trinajstić information content (AvgIpc) is 2.49. The van der Waals surface area contributed by atoms with Gasteiger partial charge in [0.25, 0.3) is 0 Å². The quantitative estimate of drug-likeness (QED) is 0.637. The first-order valence-corrected chi connectivity index (χ1v) is 8.41. The van der Waals surface area contributed by atoms with Crippen LogP contribution in [-0.2, 0) is 4.79 Å². The van der Waals surface area contributed by atoms with E-state index in [4.69, 9.17) is 0 Å². The second-order valence-electron chi connectivity index (χ2n) is 6.02. The molecule has 1 aliphatic rings. The van der Waals surface area contributed by atoms with Crippen LogP contribution in [-0.4, -0.2) is 49.1 Å². The molecule has 1 heterocycles. The fourth-order valence-electron chi connectivity index (χ4n) is 2.68. The summed E-state index contributed by atoms with van der Waals surface area (Å²) in [4.78, 5) is 14.3. The molecule has 0 radical (unpaired) electrons. The molecule has 0 aromatic carbocycles. The summed E-state index contributed by atoms with van der Waals surface area (Å²) in [6, 6.07) is 1.04. The fourth-order valence-corrected chi connectivity index (χ4v) is 2.68. The van der Waals surface area contributed by atoms with Gasteiger partial charge in [-0.05, 0) is 19.8 Å². The van der Waals surface area contributed by atoms with E-state index in [1.165, 1.54) is 25.7 Å². The third kappa shape index (κ3) is 6.71. The summed E-state index contributed by atoms with van der Waals surface area (Å²) >= 11 is 0. The van der Waals surface area contributed by atoms with Crippen molar-refractivity contribution in [2.24, 2.45) is 0 Å². The summed E-state index contributed by atoms with van der Waals surface area (Å²) in [7, 11) is 0. The predicted molar refractivity (Wildman–Crippen MR) is 84.9 cm³/mol. The maximum absolute atomic E-state index is 11.8. The zero-order chi connectivity index (χ0) is 14.8. The van der Waals surface area contributed by atoms with Gasteiger partial charge in [0.05, 0.1) is 0 Å². The van der Waals surface area contributed by atoms with Crippen LogP contribution >= 0.6 is 0 Å². The van der Waals surface area contributed by atoms with Crippen LogP contribution in [0.25, 0.3) is 0 Å². The van der Waals surface area contributed by atoms with Gasteiger partial charge < -0.3 is 10.6 Å². The standard InChI is InChI=1S/C16H33N3O/c1-4-6-7-8-9-16(20)18-12-15-13-19(11-10-17-15)14(3)5-2/h14-15,17H,4-13H2,1-3H3,(H,18,20). The first kappa shape index (κ1) is 17.4. The molecule has 2 atom stereocenters. The molecule has 4 heteroatoms. The Hall–Kier alpha value is -0.610. The van der Waals surface area contributed by atoms with Gasteiger partial charge in [-0.1, -0.05) is 33.1 Å². The number of nitrogens with one attached hydrogen (secondary N) is 2. The van der Waals surface area contributed by atoms with Crippen LogP contribution in [0.1, 0.15) is 59.3 Å². The predicted octanol–water partition coefficient (Wildman–Crippen LogP) is 2.15. The Bertz CT molecular complexity index is 270. The maximum Gasteiger partial charge on any atom is 0.220 e. The Kier molecular flexibility index (Phi) is 8.86. The summed E-state index contributed by atoms with van der Waals surface area (Å²) in [5, 5.41) is 6.58. The Morgan fingerprint density at radius 1 is 1.35 bits per heavy atom. The molecule has 20 heavy (non-hydrogen) atoms. The molecule has 1 saturated heterocycles. The van der Waals surface area contributed by atoms with Gasteiger partial charge in [0.1, 0.15) is 0 Å². The van der Waals surface area contributed by atoms with Crippen molar-refractivity contribution in [3.63, 3.8) is 0 Å². The van der Waals surface area contributed by atoms with E-state index >= 15 is 0 Å². The number of piperazine rings is 1. The van der Waals surface area contributed by atoms with Crippen molar-refractivity contribution in [1.82, 2.24) is 15.5 Å². The van der Waals surface area contributed by atoms with E-state index in [0.717, 1.165) is 32.6 Å². The Labute approximate surface area is 124 Å². The van der Waals surface area contributed by atoms with Crippen molar-refractivity contribution < 1.29 is 4.79 Å². The van der Waals surface area contributed by atoms with Crippen molar-refractivity contribution >= 4 is 5.91 Å². The molecule has 0 spiro atoms. The van der Waals surface area contributed by atoms with E-state index in [1.807, 2.05) is 0 Å². The van der Waals surface area contributed by atoms with Crippen molar-refractivity contribution in [3.8, 4) is 0 Å². The number of carbonyl (C=O) groups excluding carboxylic acids is 1. The van der Waals surface area contributed by atoms with Crippen LogP contribution in [0.2, 0.25) is 0 Å². The van der Waals surface area contributed by atoms with Crippen LogP contribution in [0.4, 0.5) is 0 Å². The minimum atomic E-state index is 0.212. The SMILES string of the molecule is CCCCCCC(=O)NCC1CN(C(C)CC)CCN1. The highest BCUT2D eigenvalue weighted by atomic mass is 16.1. The molecular formula is C16H33N3O. The second kappa shape index (κ2) is 10.2. The largest absolute Gasteiger partial charge is 0.354 e. The third-order valence-corrected chi connectivity index (χ3v) is 4.30. The molecule has 4 nitrogen and oxygen atoms in total. The van der Waals surface area contributed by atoms with Crippen LogP contribution in [0.15, 0.2) is 0 Å². The number of rotatable bonds is 9. The summed E-state index contributed by atoms with van der Waals surface area (Å²) in [6.45, 7) is 10.7. The van der Waals surface area contributed by atoms with Crippen LogP contribution in [0.3, 0.4) is 0 Å². The molecule has 0 aromatic rings. The van der Waals surface area contributed by atoms with Gasteiger partial charge in [-0.15, -0.1) is 0 Å². The summed E-state index contributed by atoms with van der Waals surface area (Å²) in [5.41, 5.74) is 0. The molecule has 1 aliphatic heterocycles. The second-order valence-corrected chi connectivity index (χ2v) is 6.02. The molecule has 0 saturated carbocycles. The summed E-state index contributed by atoms with van der Waals surface area (Å²) in [5.74, 6) is 0.212. The number of hydrogen-bond acceptors (Lipinski definition) is 3. The van der Waals surface area contributed by atoms with E-state index in [2.05, 4.69) is 36.3 Å². The zero-order valence-electron chi connectivity index (χ0n) is 13.6. The molecule has 2 unspecified atom stereocenters. The Balaban J connectivity index is 2.15. The van der Waals surface area contributed by atoms with E-state index in [0.29, 0.717) is 18.5 Å². The highest BCUT2D eigenvalue weighted by molar-refractivity contribution is 5.75. The van der Waals surface area contributed by atoms with Gasteiger partial charge in [-0.25, -0.2) is 0 Å². The van der Waals surface area contributed by atoms with Gasteiger partial charge in [-0.2, -0.15) is 0 Å². The minimum Gasteiger partial charge on any atom is -0.354 e. The lowest BCUT2D eigenvalue weighted by molar-refractivity contribution is -0.121. The van der Waals surface area contributed by atoms with Gasteiger partial charge in [-0.3, -0.25) is 9.69 Å². The molecule has 2 N–H and O–H groups in total. The smallest absolute Gasteiger partial charge is 0.220 e. The molecule has 0 bridgehead atoms.